The number of halogens is 1. The fraction of sp³-hybridized carbons (Fsp3) is 0.571. The number of hydrogen-bond donors (Lipinski definition) is 2. The molecule has 0 aromatic carbocycles. The topological polar surface area (TPSA) is 59.1 Å². The summed E-state index contributed by atoms with van der Waals surface area (Å²) in [6.45, 7) is 0. The van der Waals surface area contributed by atoms with Crippen molar-refractivity contribution in [3.8, 4) is 0 Å². The number of nitrogens with two attached hydrogens (primary N) is 1. The van der Waals surface area contributed by atoms with Gasteiger partial charge in [0.25, 0.3) is 0 Å². The lowest BCUT2D eigenvalue weighted by Gasteiger charge is -2.40. The maximum Gasteiger partial charge on any atom is 0.123 e. The minimum absolute atomic E-state index is 0.143. The van der Waals surface area contributed by atoms with Crippen LogP contribution in [0, 0.1) is 0 Å². The first-order chi connectivity index (χ1) is 5.62. The van der Waals surface area contributed by atoms with E-state index in [0.29, 0.717) is 12.8 Å². The lowest BCUT2D eigenvalue weighted by molar-refractivity contribution is -0.0498. The van der Waals surface area contributed by atoms with E-state index in [9.17, 15) is 5.11 Å². The number of nitrogens with zero attached hydrogens (tertiary/aromatic N) is 1. The Morgan fingerprint density at radius 2 is 2.42 bits per heavy atom. The van der Waals surface area contributed by atoms with Crippen LogP contribution in [0.25, 0.3) is 0 Å². The van der Waals surface area contributed by atoms with Gasteiger partial charge in [-0.05, 0) is 28.8 Å². The Hall–Kier alpha value is 0.0300. The van der Waals surface area contributed by atoms with Crippen molar-refractivity contribution in [1.82, 2.24) is 4.98 Å². The molecule has 0 aliphatic heterocycles. The molecule has 0 atom stereocenters. The molecule has 0 bridgehead atoms. The van der Waals surface area contributed by atoms with E-state index in [0.717, 1.165) is 9.48 Å². The van der Waals surface area contributed by atoms with Gasteiger partial charge in [-0.25, -0.2) is 4.98 Å². The van der Waals surface area contributed by atoms with Crippen molar-refractivity contribution in [2.75, 3.05) is 0 Å². The van der Waals surface area contributed by atoms with E-state index in [2.05, 4.69) is 20.9 Å². The molecule has 3 nitrogen and oxygen atoms in total. The molecular formula is C7H9BrN2OS. The summed E-state index contributed by atoms with van der Waals surface area (Å²) in [5.74, 6) is 0. The van der Waals surface area contributed by atoms with Gasteiger partial charge in [-0.1, -0.05) is 0 Å². The highest BCUT2D eigenvalue weighted by atomic mass is 79.9. The predicted molar refractivity (Wildman–Crippen MR) is 50.9 cm³/mol. The molecule has 0 spiro atoms. The molecule has 1 aliphatic carbocycles. The summed E-state index contributed by atoms with van der Waals surface area (Å²) in [6, 6.07) is 0.143. The monoisotopic (exact) mass is 248 g/mol. The van der Waals surface area contributed by atoms with Crippen molar-refractivity contribution in [3.63, 3.8) is 0 Å². The summed E-state index contributed by atoms with van der Waals surface area (Å²) in [7, 11) is 0. The van der Waals surface area contributed by atoms with E-state index in [-0.39, 0.29) is 6.04 Å². The maximum atomic E-state index is 9.98. The van der Waals surface area contributed by atoms with Gasteiger partial charge in [-0.2, -0.15) is 0 Å². The lowest BCUT2D eigenvalue weighted by Crippen LogP contribution is -2.48. The van der Waals surface area contributed by atoms with Crippen LogP contribution in [0.15, 0.2) is 10.1 Å². The van der Waals surface area contributed by atoms with E-state index in [1.54, 1.807) is 5.51 Å². The van der Waals surface area contributed by atoms with Crippen LogP contribution in [0.3, 0.4) is 0 Å². The van der Waals surface area contributed by atoms with Crippen molar-refractivity contribution >= 4 is 27.3 Å². The Morgan fingerprint density at radius 3 is 2.83 bits per heavy atom. The van der Waals surface area contributed by atoms with Gasteiger partial charge >= 0.3 is 0 Å². The van der Waals surface area contributed by atoms with Gasteiger partial charge in [0, 0.05) is 6.04 Å². The van der Waals surface area contributed by atoms with Gasteiger partial charge in [-0.15, -0.1) is 11.3 Å². The Kier molecular flexibility index (Phi) is 1.99. The SMILES string of the molecule is NC1CC(O)(c2scnc2Br)C1. The van der Waals surface area contributed by atoms with Crippen LogP contribution in [0.5, 0.6) is 0 Å². The summed E-state index contributed by atoms with van der Waals surface area (Å²) >= 11 is 4.77. The summed E-state index contributed by atoms with van der Waals surface area (Å²) in [5, 5.41) is 9.98. The van der Waals surface area contributed by atoms with Gasteiger partial charge in [0.1, 0.15) is 10.2 Å². The first-order valence-electron chi connectivity index (χ1n) is 3.69. The third-order valence-corrected chi connectivity index (χ3v) is 4.03. The number of rotatable bonds is 1. The molecule has 1 saturated carbocycles. The molecule has 12 heavy (non-hydrogen) atoms. The Bertz CT molecular complexity index is 295. The summed E-state index contributed by atoms with van der Waals surface area (Å²) in [5.41, 5.74) is 6.63. The van der Waals surface area contributed by atoms with Crippen molar-refractivity contribution < 1.29 is 5.11 Å². The molecule has 1 aromatic rings. The van der Waals surface area contributed by atoms with Crippen LogP contribution in [-0.4, -0.2) is 16.1 Å². The standard InChI is InChI=1S/C7H9BrN2OS/c8-6-5(12-3-10-6)7(11)1-4(9)2-7/h3-4,11H,1-2,9H2. The molecule has 0 unspecified atom stereocenters. The summed E-state index contributed by atoms with van der Waals surface area (Å²) in [4.78, 5) is 4.93. The smallest absolute Gasteiger partial charge is 0.123 e. The average Bonchev–Trinajstić information content (AvgIpc) is 2.32. The van der Waals surface area contributed by atoms with Gasteiger partial charge < -0.3 is 10.8 Å². The van der Waals surface area contributed by atoms with Crippen LogP contribution >= 0.6 is 27.3 Å². The van der Waals surface area contributed by atoms with Crippen LogP contribution in [-0.2, 0) is 5.60 Å². The second-order valence-electron chi connectivity index (χ2n) is 3.17. The number of aromatic nitrogens is 1. The van der Waals surface area contributed by atoms with Crippen molar-refractivity contribution in [3.05, 3.63) is 15.0 Å². The third kappa shape index (κ3) is 1.21. The summed E-state index contributed by atoms with van der Waals surface area (Å²) in [6.07, 6.45) is 1.29. The molecule has 3 N–H and O–H groups in total. The first-order valence-corrected chi connectivity index (χ1v) is 5.36. The van der Waals surface area contributed by atoms with E-state index in [4.69, 9.17) is 5.73 Å². The molecule has 1 aromatic heterocycles. The van der Waals surface area contributed by atoms with Crippen molar-refractivity contribution in [1.29, 1.82) is 0 Å². The Morgan fingerprint density at radius 1 is 1.75 bits per heavy atom. The van der Waals surface area contributed by atoms with Crippen molar-refractivity contribution in [2.24, 2.45) is 5.73 Å². The minimum atomic E-state index is -0.709. The number of hydrogen-bond acceptors (Lipinski definition) is 4. The normalized spacial score (nSPS) is 34.8. The Balaban J connectivity index is 2.26. The minimum Gasteiger partial charge on any atom is -0.384 e. The van der Waals surface area contributed by atoms with Crippen LogP contribution in [0.4, 0.5) is 0 Å². The van der Waals surface area contributed by atoms with E-state index >= 15 is 0 Å². The van der Waals surface area contributed by atoms with Crippen LogP contribution < -0.4 is 5.73 Å². The van der Waals surface area contributed by atoms with E-state index < -0.39 is 5.60 Å². The highest BCUT2D eigenvalue weighted by Crippen LogP contribution is 2.44. The van der Waals surface area contributed by atoms with Gasteiger partial charge in [0.2, 0.25) is 0 Å². The van der Waals surface area contributed by atoms with Crippen molar-refractivity contribution in [2.45, 2.75) is 24.5 Å². The highest BCUT2D eigenvalue weighted by Gasteiger charge is 2.44. The molecular weight excluding hydrogens is 240 g/mol. The molecule has 0 saturated heterocycles. The zero-order valence-corrected chi connectivity index (χ0v) is 8.73. The molecule has 1 heterocycles. The largest absolute Gasteiger partial charge is 0.384 e. The lowest BCUT2D eigenvalue weighted by atomic mass is 9.75. The summed E-state index contributed by atoms with van der Waals surface area (Å²) < 4.78 is 0.752. The molecule has 66 valence electrons. The molecule has 1 aliphatic rings. The van der Waals surface area contributed by atoms with Crippen LogP contribution in [0.1, 0.15) is 17.7 Å². The van der Waals surface area contributed by atoms with E-state index in [1.807, 2.05) is 0 Å². The third-order valence-electron chi connectivity index (χ3n) is 2.15. The van der Waals surface area contributed by atoms with Gasteiger partial charge in [0.15, 0.2) is 0 Å². The quantitative estimate of drug-likeness (QED) is 0.786. The average molecular weight is 249 g/mol. The highest BCUT2D eigenvalue weighted by molar-refractivity contribution is 9.10. The zero-order chi connectivity index (χ0) is 8.77. The Labute approximate surface area is 82.7 Å². The first kappa shape index (κ1) is 8.62. The predicted octanol–water partition coefficient (Wildman–Crippen LogP) is 1.21. The molecule has 2 rings (SSSR count). The van der Waals surface area contributed by atoms with Gasteiger partial charge in [-0.3, -0.25) is 0 Å². The number of thiazole rings is 1. The zero-order valence-electron chi connectivity index (χ0n) is 6.33. The number of aliphatic hydroxyl groups is 1. The van der Waals surface area contributed by atoms with E-state index in [1.165, 1.54) is 11.3 Å². The second kappa shape index (κ2) is 2.77. The molecule has 5 heteroatoms. The van der Waals surface area contributed by atoms with Gasteiger partial charge in [0.05, 0.1) is 10.4 Å². The fourth-order valence-electron chi connectivity index (χ4n) is 1.53. The second-order valence-corrected chi connectivity index (χ2v) is 4.78. The van der Waals surface area contributed by atoms with Crippen LogP contribution in [0.2, 0.25) is 0 Å². The maximum absolute atomic E-state index is 9.98. The fourth-order valence-corrected chi connectivity index (χ4v) is 3.21. The molecule has 0 amide bonds. The molecule has 0 radical (unpaired) electrons. The molecule has 1 fully saturated rings.